The number of phenolic OH excluding ortho intramolecular Hbond substituents is 1. The predicted molar refractivity (Wildman–Crippen MR) is 95.9 cm³/mol. The Morgan fingerprint density at radius 1 is 1.19 bits per heavy atom. The standard InChI is InChI=1S/C18H18N6O3/c25-16-6-5-14(27-18(26)20-13-3-1-2-4-13)8-15(16)11-7-12(10-19-9-11)17-21-23-24-22-17/h5-10,13,25H,1-4H2,(H,20,26)(H,21,22,23,24). The zero-order valence-electron chi connectivity index (χ0n) is 14.4. The van der Waals surface area contributed by atoms with Crippen LogP contribution in [0.3, 0.4) is 0 Å². The SMILES string of the molecule is O=C(NC1CCCC1)Oc1ccc(O)c(-c2cncc(-c3nnn[nH]3)c2)c1. The molecule has 3 aromatic rings. The highest BCUT2D eigenvalue weighted by Gasteiger charge is 2.18. The van der Waals surface area contributed by atoms with Gasteiger partial charge in [0.2, 0.25) is 0 Å². The number of hydrogen-bond acceptors (Lipinski definition) is 7. The van der Waals surface area contributed by atoms with Gasteiger partial charge in [-0.25, -0.2) is 9.89 Å². The van der Waals surface area contributed by atoms with Crippen LogP contribution in [0.5, 0.6) is 11.5 Å². The summed E-state index contributed by atoms with van der Waals surface area (Å²) in [5.41, 5.74) is 1.80. The lowest BCUT2D eigenvalue weighted by Gasteiger charge is -2.13. The first kappa shape index (κ1) is 17.0. The molecule has 138 valence electrons. The Balaban J connectivity index is 1.55. The van der Waals surface area contributed by atoms with Gasteiger partial charge in [0.05, 0.1) is 0 Å². The van der Waals surface area contributed by atoms with Gasteiger partial charge in [-0.2, -0.15) is 0 Å². The van der Waals surface area contributed by atoms with E-state index in [0.29, 0.717) is 28.3 Å². The number of benzene rings is 1. The molecule has 0 atom stereocenters. The van der Waals surface area contributed by atoms with Crippen LogP contribution in [0.15, 0.2) is 36.7 Å². The lowest BCUT2D eigenvalue weighted by molar-refractivity contribution is 0.196. The summed E-state index contributed by atoms with van der Waals surface area (Å²) in [5, 5.41) is 26.7. The van der Waals surface area contributed by atoms with Crippen molar-refractivity contribution in [3.63, 3.8) is 0 Å². The van der Waals surface area contributed by atoms with Crippen molar-refractivity contribution in [1.82, 2.24) is 30.9 Å². The van der Waals surface area contributed by atoms with Crippen molar-refractivity contribution in [2.24, 2.45) is 0 Å². The number of carbonyl (C=O) groups is 1. The number of nitrogens with zero attached hydrogens (tertiary/aromatic N) is 4. The second-order valence-electron chi connectivity index (χ2n) is 6.41. The number of nitrogens with one attached hydrogen (secondary N) is 2. The number of aromatic amines is 1. The minimum Gasteiger partial charge on any atom is -0.507 e. The van der Waals surface area contributed by atoms with Gasteiger partial charge in [-0.05, 0) is 47.5 Å². The molecule has 1 aliphatic carbocycles. The predicted octanol–water partition coefficient (Wildman–Crippen LogP) is 2.67. The van der Waals surface area contributed by atoms with Crippen molar-refractivity contribution in [2.45, 2.75) is 31.7 Å². The average Bonchev–Trinajstić information content (AvgIpc) is 3.37. The van der Waals surface area contributed by atoms with E-state index in [1.54, 1.807) is 30.6 Å². The Labute approximate surface area is 154 Å². The molecule has 1 fully saturated rings. The molecular weight excluding hydrogens is 348 g/mol. The van der Waals surface area contributed by atoms with Gasteiger partial charge in [0.1, 0.15) is 11.5 Å². The molecular formula is C18H18N6O3. The molecule has 1 aliphatic rings. The number of aromatic nitrogens is 5. The molecule has 1 aromatic carbocycles. The molecule has 3 N–H and O–H groups in total. The zero-order chi connectivity index (χ0) is 18.6. The van der Waals surface area contributed by atoms with Crippen LogP contribution in [0.4, 0.5) is 4.79 Å². The normalized spacial score (nSPS) is 14.2. The Kier molecular flexibility index (Phi) is 4.65. The van der Waals surface area contributed by atoms with E-state index in [9.17, 15) is 9.90 Å². The molecule has 2 aromatic heterocycles. The van der Waals surface area contributed by atoms with Crippen LogP contribution in [0, 0.1) is 0 Å². The molecule has 27 heavy (non-hydrogen) atoms. The third kappa shape index (κ3) is 3.86. The van der Waals surface area contributed by atoms with E-state index in [4.69, 9.17) is 4.74 Å². The van der Waals surface area contributed by atoms with Crippen LogP contribution in [-0.2, 0) is 0 Å². The Morgan fingerprint density at radius 3 is 2.78 bits per heavy atom. The summed E-state index contributed by atoms with van der Waals surface area (Å²) in [7, 11) is 0. The molecule has 1 amide bonds. The quantitative estimate of drug-likeness (QED) is 0.648. The molecule has 0 radical (unpaired) electrons. The summed E-state index contributed by atoms with van der Waals surface area (Å²) in [5.74, 6) is 0.852. The molecule has 4 rings (SSSR count). The number of pyridine rings is 1. The van der Waals surface area contributed by atoms with E-state index < -0.39 is 6.09 Å². The van der Waals surface area contributed by atoms with Gasteiger partial charge < -0.3 is 15.2 Å². The van der Waals surface area contributed by atoms with Gasteiger partial charge >= 0.3 is 6.09 Å². The Hall–Kier alpha value is -3.49. The maximum atomic E-state index is 12.1. The van der Waals surface area contributed by atoms with Crippen LogP contribution in [-0.4, -0.2) is 42.8 Å². The minimum atomic E-state index is -0.488. The molecule has 2 heterocycles. The number of aromatic hydroxyl groups is 1. The van der Waals surface area contributed by atoms with E-state index in [-0.39, 0.29) is 11.8 Å². The van der Waals surface area contributed by atoms with E-state index in [1.165, 1.54) is 6.07 Å². The maximum Gasteiger partial charge on any atom is 0.412 e. The number of amides is 1. The second-order valence-corrected chi connectivity index (χ2v) is 6.41. The molecule has 0 saturated heterocycles. The summed E-state index contributed by atoms with van der Waals surface area (Å²) >= 11 is 0. The van der Waals surface area contributed by atoms with Crippen molar-refractivity contribution in [2.75, 3.05) is 0 Å². The van der Waals surface area contributed by atoms with E-state index in [0.717, 1.165) is 25.7 Å². The first-order valence-electron chi connectivity index (χ1n) is 8.70. The minimum absolute atomic E-state index is 0.0493. The van der Waals surface area contributed by atoms with Crippen molar-refractivity contribution in [1.29, 1.82) is 0 Å². The van der Waals surface area contributed by atoms with Crippen LogP contribution >= 0.6 is 0 Å². The van der Waals surface area contributed by atoms with Crippen molar-refractivity contribution in [3.05, 3.63) is 36.7 Å². The first-order chi connectivity index (χ1) is 13.2. The largest absolute Gasteiger partial charge is 0.507 e. The fourth-order valence-corrected chi connectivity index (χ4v) is 3.18. The summed E-state index contributed by atoms with van der Waals surface area (Å²) in [6, 6.07) is 6.58. The van der Waals surface area contributed by atoms with Gasteiger partial charge in [0, 0.05) is 35.1 Å². The van der Waals surface area contributed by atoms with Gasteiger partial charge in [-0.15, -0.1) is 5.10 Å². The molecule has 1 saturated carbocycles. The van der Waals surface area contributed by atoms with Crippen LogP contribution in [0.25, 0.3) is 22.5 Å². The second kappa shape index (κ2) is 7.40. The topological polar surface area (TPSA) is 126 Å². The van der Waals surface area contributed by atoms with E-state index in [1.807, 2.05) is 0 Å². The van der Waals surface area contributed by atoms with Crippen LogP contribution in [0.2, 0.25) is 0 Å². The smallest absolute Gasteiger partial charge is 0.412 e. The lowest BCUT2D eigenvalue weighted by atomic mass is 10.0. The molecule has 9 nitrogen and oxygen atoms in total. The monoisotopic (exact) mass is 366 g/mol. The third-order valence-electron chi connectivity index (χ3n) is 4.52. The number of phenols is 1. The summed E-state index contributed by atoms with van der Waals surface area (Å²) in [6.45, 7) is 0. The number of ether oxygens (including phenoxy) is 1. The fraction of sp³-hybridized carbons (Fsp3) is 0.278. The van der Waals surface area contributed by atoms with Crippen molar-refractivity contribution < 1.29 is 14.6 Å². The van der Waals surface area contributed by atoms with Gasteiger partial charge in [-0.1, -0.05) is 12.8 Å². The zero-order valence-corrected chi connectivity index (χ0v) is 14.4. The first-order valence-corrected chi connectivity index (χ1v) is 8.70. The fourth-order valence-electron chi connectivity index (χ4n) is 3.18. The highest BCUT2D eigenvalue weighted by Crippen LogP contribution is 2.33. The van der Waals surface area contributed by atoms with Gasteiger partial charge in [0.25, 0.3) is 0 Å². The third-order valence-corrected chi connectivity index (χ3v) is 4.52. The van der Waals surface area contributed by atoms with Crippen molar-refractivity contribution in [3.8, 4) is 34.0 Å². The van der Waals surface area contributed by atoms with E-state index in [2.05, 4.69) is 30.9 Å². The highest BCUT2D eigenvalue weighted by atomic mass is 16.6. The Bertz CT molecular complexity index is 938. The number of hydrogen-bond donors (Lipinski definition) is 3. The van der Waals surface area contributed by atoms with Crippen molar-refractivity contribution >= 4 is 6.09 Å². The molecule has 0 aliphatic heterocycles. The molecule has 0 bridgehead atoms. The average molecular weight is 366 g/mol. The number of rotatable bonds is 4. The molecule has 0 unspecified atom stereocenters. The number of carbonyl (C=O) groups excluding carboxylic acids is 1. The molecule has 0 spiro atoms. The summed E-state index contributed by atoms with van der Waals surface area (Å²) < 4.78 is 5.38. The van der Waals surface area contributed by atoms with Crippen LogP contribution in [0.1, 0.15) is 25.7 Å². The maximum absolute atomic E-state index is 12.1. The van der Waals surface area contributed by atoms with Crippen LogP contribution < -0.4 is 10.1 Å². The van der Waals surface area contributed by atoms with Gasteiger partial charge in [0.15, 0.2) is 5.82 Å². The lowest BCUT2D eigenvalue weighted by Crippen LogP contribution is -2.34. The Morgan fingerprint density at radius 2 is 2.00 bits per heavy atom. The summed E-state index contributed by atoms with van der Waals surface area (Å²) in [6.07, 6.45) is 6.92. The highest BCUT2D eigenvalue weighted by molar-refractivity contribution is 5.76. The summed E-state index contributed by atoms with van der Waals surface area (Å²) in [4.78, 5) is 16.2. The number of tetrazole rings is 1. The van der Waals surface area contributed by atoms with E-state index >= 15 is 0 Å². The molecule has 9 heteroatoms. The van der Waals surface area contributed by atoms with Gasteiger partial charge in [-0.3, -0.25) is 4.98 Å². The number of H-pyrrole nitrogens is 1.